The van der Waals surface area contributed by atoms with Gasteiger partial charge in [0, 0.05) is 17.9 Å². The molecule has 1 amide bonds. The van der Waals surface area contributed by atoms with Gasteiger partial charge in [-0.05, 0) is 17.9 Å². The topological polar surface area (TPSA) is 29.1 Å². The molecule has 0 radical (unpaired) electrons. The molecule has 1 aliphatic heterocycles. The number of hydrogen-bond donors (Lipinski definition) is 1. The minimum Gasteiger partial charge on any atom is -0.352 e. The average molecular weight is 231 g/mol. The van der Waals surface area contributed by atoms with Gasteiger partial charge in [-0.3, -0.25) is 4.79 Å². The molecule has 17 heavy (non-hydrogen) atoms. The zero-order valence-electron chi connectivity index (χ0n) is 10.9. The molecule has 0 spiro atoms. The van der Waals surface area contributed by atoms with Crippen LogP contribution in [0.1, 0.15) is 39.2 Å². The molecule has 1 heterocycles. The fourth-order valence-corrected chi connectivity index (χ4v) is 2.77. The number of benzene rings is 1. The van der Waals surface area contributed by atoms with Crippen LogP contribution in [0.25, 0.3) is 0 Å². The molecule has 2 rings (SSSR count). The number of carbonyl (C=O) groups is 1. The molecule has 2 atom stereocenters. The van der Waals surface area contributed by atoms with Crippen LogP contribution in [0.2, 0.25) is 0 Å². The molecule has 1 aromatic rings. The van der Waals surface area contributed by atoms with Crippen LogP contribution >= 0.6 is 0 Å². The van der Waals surface area contributed by atoms with Crippen molar-refractivity contribution in [2.24, 2.45) is 5.92 Å². The molecule has 0 aromatic heterocycles. The highest BCUT2D eigenvalue weighted by atomic mass is 16.2. The maximum atomic E-state index is 11.7. The Morgan fingerprint density at radius 2 is 2.00 bits per heavy atom. The Morgan fingerprint density at radius 1 is 1.35 bits per heavy atom. The van der Waals surface area contributed by atoms with E-state index in [0.29, 0.717) is 12.3 Å². The molecule has 92 valence electrons. The standard InChI is InChI=1S/C15H21NO/c1-11(2)9-13-15(3,10-14(17)16-13)12-7-5-4-6-8-12/h4-8,11,13H,9-10H2,1-3H3,(H,16,17). The Kier molecular flexibility index (Phi) is 3.23. The van der Waals surface area contributed by atoms with Crippen molar-refractivity contribution >= 4 is 5.91 Å². The van der Waals surface area contributed by atoms with Crippen LogP contribution in [0.5, 0.6) is 0 Å². The normalized spacial score (nSPS) is 28.5. The first-order chi connectivity index (χ1) is 8.02. The van der Waals surface area contributed by atoms with E-state index >= 15 is 0 Å². The van der Waals surface area contributed by atoms with Crippen molar-refractivity contribution in [1.82, 2.24) is 5.32 Å². The summed E-state index contributed by atoms with van der Waals surface area (Å²) in [5.41, 5.74) is 1.21. The van der Waals surface area contributed by atoms with Gasteiger partial charge in [0.25, 0.3) is 0 Å². The van der Waals surface area contributed by atoms with E-state index < -0.39 is 0 Å². The van der Waals surface area contributed by atoms with Crippen molar-refractivity contribution < 1.29 is 4.79 Å². The van der Waals surface area contributed by atoms with Gasteiger partial charge in [0.1, 0.15) is 0 Å². The molecule has 2 nitrogen and oxygen atoms in total. The van der Waals surface area contributed by atoms with Gasteiger partial charge >= 0.3 is 0 Å². The van der Waals surface area contributed by atoms with E-state index in [1.165, 1.54) is 5.56 Å². The smallest absolute Gasteiger partial charge is 0.221 e. The first kappa shape index (κ1) is 12.2. The molecule has 2 heteroatoms. The molecule has 2 unspecified atom stereocenters. The van der Waals surface area contributed by atoms with Gasteiger partial charge in [-0.25, -0.2) is 0 Å². The summed E-state index contributed by atoms with van der Waals surface area (Å²) in [5, 5.41) is 3.14. The highest BCUT2D eigenvalue weighted by Crippen LogP contribution is 2.38. The monoisotopic (exact) mass is 231 g/mol. The SMILES string of the molecule is CC(C)CC1NC(=O)CC1(C)c1ccccc1. The molecular weight excluding hydrogens is 210 g/mol. The minimum absolute atomic E-state index is 0.0530. The Morgan fingerprint density at radius 3 is 2.59 bits per heavy atom. The van der Waals surface area contributed by atoms with E-state index in [4.69, 9.17) is 0 Å². The zero-order chi connectivity index (χ0) is 12.5. The van der Waals surface area contributed by atoms with Crippen LogP contribution in [-0.2, 0) is 10.2 Å². The Hall–Kier alpha value is -1.31. The van der Waals surface area contributed by atoms with Gasteiger partial charge in [0.2, 0.25) is 5.91 Å². The van der Waals surface area contributed by atoms with Crippen LogP contribution in [0, 0.1) is 5.92 Å². The highest BCUT2D eigenvalue weighted by molar-refractivity contribution is 5.81. The molecule has 1 aliphatic rings. The molecule has 1 N–H and O–H groups in total. The molecular formula is C15H21NO. The second-order valence-electron chi connectivity index (χ2n) is 5.71. The summed E-state index contributed by atoms with van der Waals surface area (Å²) in [5.74, 6) is 0.781. The number of hydrogen-bond acceptors (Lipinski definition) is 1. The Bertz CT molecular complexity index is 399. The maximum absolute atomic E-state index is 11.7. The van der Waals surface area contributed by atoms with Gasteiger partial charge in [-0.15, -0.1) is 0 Å². The summed E-state index contributed by atoms with van der Waals surface area (Å²) in [6.07, 6.45) is 1.64. The third-order valence-electron chi connectivity index (χ3n) is 3.77. The summed E-state index contributed by atoms with van der Waals surface area (Å²) in [7, 11) is 0. The van der Waals surface area contributed by atoms with Gasteiger partial charge in [-0.1, -0.05) is 51.1 Å². The lowest BCUT2D eigenvalue weighted by Gasteiger charge is -2.31. The minimum atomic E-state index is -0.0530. The number of carbonyl (C=O) groups excluding carboxylic acids is 1. The van der Waals surface area contributed by atoms with Crippen LogP contribution < -0.4 is 5.32 Å². The van der Waals surface area contributed by atoms with E-state index in [1.807, 2.05) is 6.07 Å². The Labute approximate surface area is 103 Å². The molecule has 1 saturated heterocycles. The third kappa shape index (κ3) is 2.36. The van der Waals surface area contributed by atoms with Crippen LogP contribution in [-0.4, -0.2) is 11.9 Å². The fraction of sp³-hybridized carbons (Fsp3) is 0.533. The predicted molar refractivity (Wildman–Crippen MR) is 69.8 cm³/mol. The van der Waals surface area contributed by atoms with Crippen molar-refractivity contribution in [3.05, 3.63) is 35.9 Å². The maximum Gasteiger partial charge on any atom is 0.221 e. The van der Waals surface area contributed by atoms with E-state index in [-0.39, 0.29) is 17.4 Å². The molecule has 1 aromatic carbocycles. The average Bonchev–Trinajstić information content (AvgIpc) is 2.55. The van der Waals surface area contributed by atoms with Gasteiger partial charge in [0.15, 0.2) is 0 Å². The lowest BCUT2D eigenvalue weighted by molar-refractivity contribution is -0.119. The van der Waals surface area contributed by atoms with E-state index in [1.54, 1.807) is 0 Å². The van der Waals surface area contributed by atoms with Crippen molar-refractivity contribution in [2.75, 3.05) is 0 Å². The molecule has 1 fully saturated rings. The zero-order valence-corrected chi connectivity index (χ0v) is 10.9. The predicted octanol–water partition coefficient (Wildman–Crippen LogP) is 2.88. The first-order valence-electron chi connectivity index (χ1n) is 6.37. The fourth-order valence-electron chi connectivity index (χ4n) is 2.77. The summed E-state index contributed by atoms with van der Waals surface area (Å²) in [6.45, 7) is 6.61. The molecule has 0 bridgehead atoms. The van der Waals surface area contributed by atoms with Crippen LogP contribution in [0.3, 0.4) is 0 Å². The summed E-state index contributed by atoms with van der Waals surface area (Å²) in [4.78, 5) is 11.7. The van der Waals surface area contributed by atoms with Crippen molar-refractivity contribution in [1.29, 1.82) is 0 Å². The lowest BCUT2D eigenvalue weighted by atomic mass is 9.73. The van der Waals surface area contributed by atoms with Crippen molar-refractivity contribution in [2.45, 2.75) is 45.1 Å². The number of amides is 1. The highest BCUT2D eigenvalue weighted by Gasteiger charge is 2.44. The number of rotatable bonds is 3. The summed E-state index contributed by atoms with van der Waals surface area (Å²) >= 11 is 0. The van der Waals surface area contributed by atoms with Gasteiger partial charge in [-0.2, -0.15) is 0 Å². The number of nitrogens with one attached hydrogen (secondary N) is 1. The largest absolute Gasteiger partial charge is 0.352 e. The molecule has 0 saturated carbocycles. The lowest BCUT2D eigenvalue weighted by Crippen LogP contribution is -2.39. The first-order valence-corrected chi connectivity index (χ1v) is 6.37. The second-order valence-corrected chi connectivity index (χ2v) is 5.71. The van der Waals surface area contributed by atoms with E-state index in [2.05, 4.69) is 50.4 Å². The van der Waals surface area contributed by atoms with Crippen molar-refractivity contribution in [3.8, 4) is 0 Å². The van der Waals surface area contributed by atoms with E-state index in [9.17, 15) is 4.79 Å². The summed E-state index contributed by atoms with van der Waals surface area (Å²) in [6, 6.07) is 10.7. The van der Waals surface area contributed by atoms with E-state index in [0.717, 1.165) is 6.42 Å². The van der Waals surface area contributed by atoms with Gasteiger partial charge < -0.3 is 5.32 Å². The van der Waals surface area contributed by atoms with Crippen molar-refractivity contribution in [3.63, 3.8) is 0 Å². The quantitative estimate of drug-likeness (QED) is 0.851. The van der Waals surface area contributed by atoms with Crippen LogP contribution in [0.4, 0.5) is 0 Å². The van der Waals surface area contributed by atoms with Crippen LogP contribution in [0.15, 0.2) is 30.3 Å². The summed E-state index contributed by atoms with van der Waals surface area (Å²) < 4.78 is 0. The Balaban J connectivity index is 2.30. The third-order valence-corrected chi connectivity index (χ3v) is 3.77. The second kappa shape index (κ2) is 4.52. The van der Waals surface area contributed by atoms with Gasteiger partial charge in [0.05, 0.1) is 0 Å². The molecule has 0 aliphatic carbocycles.